The first kappa shape index (κ1) is 23.1. The molecule has 33 heavy (non-hydrogen) atoms. The molecule has 1 saturated carbocycles. The summed E-state index contributed by atoms with van der Waals surface area (Å²) < 4.78 is 44.1. The molecule has 0 unspecified atom stereocenters. The van der Waals surface area contributed by atoms with E-state index in [1.165, 1.54) is 0 Å². The van der Waals surface area contributed by atoms with Crippen molar-refractivity contribution in [3.8, 4) is 22.3 Å². The SMILES string of the molecule is C=CC1CCC(c2ccc(-c3ccc(-c4ccc(C/C=C\C)c(F)c4F)cc3)c(F)c2)CC1. The Kier molecular flexibility index (Phi) is 7.17. The molecule has 1 aliphatic carbocycles. The van der Waals surface area contributed by atoms with E-state index in [9.17, 15) is 13.2 Å². The first-order chi connectivity index (χ1) is 16.0. The van der Waals surface area contributed by atoms with E-state index in [-0.39, 0.29) is 11.4 Å². The predicted molar refractivity (Wildman–Crippen MR) is 131 cm³/mol. The molecule has 1 fully saturated rings. The third kappa shape index (κ3) is 4.98. The van der Waals surface area contributed by atoms with Crippen molar-refractivity contribution >= 4 is 0 Å². The summed E-state index contributed by atoms with van der Waals surface area (Å²) in [5.74, 6) is -0.964. The van der Waals surface area contributed by atoms with Gasteiger partial charge in [0.2, 0.25) is 0 Å². The molecule has 170 valence electrons. The molecule has 1 aliphatic rings. The van der Waals surface area contributed by atoms with E-state index in [0.29, 0.717) is 40.5 Å². The maximum absolute atomic E-state index is 15.0. The van der Waals surface area contributed by atoms with E-state index in [1.807, 2.05) is 31.2 Å². The standard InChI is InChI=1S/C30H29F3/c1-3-5-6-24-15-18-27(30(33)29(24)32)23-13-11-22(12-14-23)26-17-16-25(19-28(26)31)21-9-7-20(4-2)8-10-21/h3-5,11-21H,2,6-10H2,1H3/b5-3-. The zero-order chi connectivity index (χ0) is 23.4. The number of benzene rings is 3. The minimum atomic E-state index is -0.855. The molecule has 4 rings (SSSR count). The van der Waals surface area contributed by atoms with Crippen LogP contribution in [0.25, 0.3) is 22.3 Å². The van der Waals surface area contributed by atoms with Crippen LogP contribution in [0.1, 0.15) is 49.7 Å². The van der Waals surface area contributed by atoms with Crippen LogP contribution in [0.2, 0.25) is 0 Å². The molecule has 0 amide bonds. The summed E-state index contributed by atoms with van der Waals surface area (Å²) in [5, 5.41) is 0. The highest BCUT2D eigenvalue weighted by Crippen LogP contribution is 2.38. The number of allylic oxidation sites excluding steroid dienone is 3. The molecule has 0 saturated heterocycles. The van der Waals surface area contributed by atoms with Crippen molar-refractivity contribution in [1.82, 2.24) is 0 Å². The average Bonchev–Trinajstić information content (AvgIpc) is 2.85. The second-order valence-corrected chi connectivity index (χ2v) is 8.84. The van der Waals surface area contributed by atoms with Crippen LogP contribution >= 0.6 is 0 Å². The average molecular weight is 447 g/mol. The van der Waals surface area contributed by atoms with Gasteiger partial charge in [0.1, 0.15) is 5.82 Å². The molecule has 0 heterocycles. The van der Waals surface area contributed by atoms with Crippen molar-refractivity contribution in [2.45, 2.75) is 44.9 Å². The van der Waals surface area contributed by atoms with Crippen molar-refractivity contribution in [2.75, 3.05) is 0 Å². The largest absolute Gasteiger partial charge is 0.206 e. The van der Waals surface area contributed by atoms with Gasteiger partial charge >= 0.3 is 0 Å². The summed E-state index contributed by atoms with van der Waals surface area (Å²) in [6.45, 7) is 5.73. The van der Waals surface area contributed by atoms with Crippen LogP contribution in [0.4, 0.5) is 13.2 Å². The van der Waals surface area contributed by atoms with Gasteiger partial charge in [0.05, 0.1) is 0 Å². The lowest BCUT2D eigenvalue weighted by atomic mass is 9.78. The second kappa shape index (κ2) is 10.2. The lowest BCUT2D eigenvalue weighted by Gasteiger charge is -2.27. The van der Waals surface area contributed by atoms with Gasteiger partial charge in [0.15, 0.2) is 11.6 Å². The zero-order valence-electron chi connectivity index (χ0n) is 19.0. The number of hydrogen-bond acceptors (Lipinski definition) is 0. The van der Waals surface area contributed by atoms with Gasteiger partial charge in [0.25, 0.3) is 0 Å². The maximum atomic E-state index is 15.0. The van der Waals surface area contributed by atoms with Crippen molar-refractivity contribution in [3.05, 3.63) is 108 Å². The Morgan fingerprint density at radius 3 is 2.06 bits per heavy atom. The molecule has 0 spiro atoms. The minimum absolute atomic E-state index is 0.203. The molecule has 3 aromatic rings. The first-order valence-electron chi connectivity index (χ1n) is 11.6. The molecule has 3 aromatic carbocycles. The third-order valence-corrected chi connectivity index (χ3v) is 6.81. The van der Waals surface area contributed by atoms with Crippen LogP contribution in [0, 0.1) is 23.4 Å². The fourth-order valence-corrected chi connectivity index (χ4v) is 4.75. The Morgan fingerprint density at radius 2 is 1.45 bits per heavy atom. The highest BCUT2D eigenvalue weighted by molar-refractivity contribution is 5.71. The van der Waals surface area contributed by atoms with Gasteiger partial charge in [-0.15, -0.1) is 6.58 Å². The summed E-state index contributed by atoms with van der Waals surface area (Å²) in [4.78, 5) is 0. The molecule has 0 nitrogen and oxygen atoms in total. The molecule has 3 heteroatoms. The monoisotopic (exact) mass is 446 g/mol. The molecule has 0 atom stereocenters. The van der Waals surface area contributed by atoms with Crippen molar-refractivity contribution in [2.24, 2.45) is 5.92 Å². The lowest BCUT2D eigenvalue weighted by Crippen LogP contribution is -2.11. The quantitative estimate of drug-likeness (QED) is 0.331. The van der Waals surface area contributed by atoms with Gasteiger partial charge in [-0.05, 0) is 79.2 Å². The van der Waals surface area contributed by atoms with E-state index < -0.39 is 11.6 Å². The van der Waals surface area contributed by atoms with Crippen LogP contribution in [-0.4, -0.2) is 0 Å². The topological polar surface area (TPSA) is 0 Å². The van der Waals surface area contributed by atoms with Crippen LogP contribution in [-0.2, 0) is 6.42 Å². The van der Waals surface area contributed by atoms with Gasteiger partial charge in [-0.3, -0.25) is 0 Å². The Morgan fingerprint density at radius 1 is 0.818 bits per heavy atom. The van der Waals surface area contributed by atoms with E-state index in [1.54, 1.807) is 48.5 Å². The molecule has 0 radical (unpaired) electrons. The summed E-state index contributed by atoms with van der Waals surface area (Å²) in [6, 6.07) is 15.7. The van der Waals surface area contributed by atoms with Gasteiger partial charge in [-0.25, -0.2) is 13.2 Å². The predicted octanol–water partition coefficient (Wildman–Crippen LogP) is 9.02. The fourth-order valence-electron chi connectivity index (χ4n) is 4.75. The number of halogens is 3. The summed E-state index contributed by atoms with van der Waals surface area (Å²) >= 11 is 0. The summed E-state index contributed by atoms with van der Waals surface area (Å²) in [7, 11) is 0. The second-order valence-electron chi connectivity index (χ2n) is 8.84. The van der Waals surface area contributed by atoms with Crippen molar-refractivity contribution in [1.29, 1.82) is 0 Å². The molecule has 0 aliphatic heterocycles. The Hall–Kier alpha value is -3.07. The Balaban J connectivity index is 1.54. The number of hydrogen-bond donors (Lipinski definition) is 0. The van der Waals surface area contributed by atoms with E-state index in [4.69, 9.17) is 0 Å². The molecular weight excluding hydrogens is 417 g/mol. The van der Waals surface area contributed by atoms with Crippen LogP contribution < -0.4 is 0 Å². The minimum Gasteiger partial charge on any atom is -0.206 e. The molecular formula is C30H29F3. The Labute approximate surface area is 194 Å². The first-order valence-corrected chi connectivity index (χ1v) is 11.6. The summed E-state index contributed by atoms with van der Waals surface area (Å²) in [5.41, 5.74) is 3.36. The van der Waals surface area contributed by atoms with Gasteiger partial charge < -0.3 is 0 Å². The maximum Gasteiger partial charge on any atom is 0.166 e. The van der Waals surface area contributed by atoms with E-state index in [0.717, 1.165) is 31.2 Å². The number of rotatable bonds is 6. The van der Waals surface area contributed by atoms with Gasteiger partial charge in [0, 0.05) is 11.1 Å². The smallest absolute Gasteiger partial charge is 0.166 e. The van der Waals surface area contributed by atoms with Gasteiger partial charge in [-0.1, -0.05) is 66.8 Å². The zero-order valence-corrected chi connectivity index (χ0v) is 19.0. The van der Waals surface area contributed by atoms with E-state index >= 15 is 0 Å². The Bertz CT molecular complexity index is 1150. The fraction of sp³-hybridized carbons (Fsp3) is 0.267. The van der Waals surface area contributed by atoms with Crippen molar-refractivity contribution in [3.63, 3.8) is 0 Å². The lowest BCUT2D eigenvalue weighted by molar-refractivity contribution is 0.375. The normalized spacial score (nSPS) is 18.5. The third-order valence-electron chi connectivity index (χ3n) is 6.81. The van der Waals surface area contributed by atoms with Crippen molar-refractivity contribution < 1.29 is 13.2 Å². The molecule has 0 N–H and O–H groups in total. The van der Waals surface area contributed by atoms with Crippen LogP contribution in [0.15, 0.2) is 79.4 Å². The highest BCUT2D eigenvalue weighted by Gasteiger charge is 2.21. The molecule has 0 aromatic heterocycles. The molecule has 0 bridgehead atoms. The van der Waals surface area contributed by atoms with Crippen LogP contribution in [0.5, 0.6) is 0 Å². The van der Waals surface area contributed by atoms with Gasteiger partial charge in [-0.2, -0.15) is 0 Å². The summed E-state index contributed by atoms with van der Waals surface area (Å²) in [6.07, 6.45) is 10.3. The highest BCUT2D eigenvalue weighted by atomic mass is 19.2. The van der Waals surface area contributed by atoms with E-state index in [2.05, 4.69) is 6.58 Å². The van der Waals surface area contributed by atoms with Crippen LogP contribution in [0.3, 0.4) is 0 Å².